The van der Waals surface area contributed by atoms with Gasteiger partial charge in [0, 0.05) is 24.2 Å². The summed E-state index contributed by atoms with van der Waals surface area (Å²) in [6.45, 7) is 0. The Bertz CT molecular complexity index is 451. The van der Waals surface area contributed by atoms with Crippen LogP contribution >= 0.6 is 0 Å². The van der Waals surface area contributed by atoms with Gasteiger partial charge in [-0.15, -0.1) is 0 Å². The summed E-state index contributed by atoms with van der Waals surface area (Å²) in [6, 6.07) is 8.42. The molecule has 0 radical (unpaired) electrons. The van der Waals surface area contributed by atoms with Gasteiger partial charge in [0.05, 0.1) is 4.92 Å². The molecule has 5 heteroatoms. The van der Waals surface area contributed by atoms with Crippen LogP contribution in [0.5, 0.6) is 0 Å². The molecule has 2 bridgehead atoms. The van der Waals surface area contributed by atoms with Crippen molar-refractivity contribution in [3.63, 3.8) is 0 Å². The van der Waals surface area contributed by atoms with Crippen LogP contribution in [0.3, 0.4) is 0 Å². The number of para-hydroxylation sites is 2. The van der Waals surface area contributed by atoms with Crippen LogP contribution in [0.25, 0.3) is 0 Å². The van der Waals surface area contributed by atoms with Crippen LogP contribution in [-0.4, -0.2) is 23.0 Å². The highest BCUT2D eigenvalue weighted by molar-refractivity contribution is 5.61. The van der Waals surface area contributed by atoms with Crippen LogP contribution in [0.2, 0.25) is 0 Å². The normalized spacial score (nSPS) is 30.1. The van der Waals surface area contributed by atoms with E-state index in [1.807, 2.05) is 6.07 Å². The van der Waals surface area contributed by atoms with Gasteiger partial charge in [-0.2, -0.15) is 0 Å². The third-order valence-electron chi connectivity index (χ3n) is 3.93. The van der Waals surface area contributed by atoms with Gasteiger partial charge in [0.1, 0.15) is 5.69 Å². The second kappa shape index (κ2) is 4.57. The highest BCUT2D eigenvalue weighted by atomic mass is 16.6. The standard InChI is InChI=1S/C13H17N3O2/c17-16(18)13-4-2-1-3-12(13)15-11-7-9-5-6-10(8-11)14-9/h1-4,9-11,14-15H,5-8H2/t9-,10+,11?. The van der Waals surface area contributed by atoms with E-state index in [9.17, 15) is 10.1 Å². The molecular weight excluding hydrogens is 230 g/mol. The predicted molar refractivity (Wildman–Crippen MR) is 69.7 cm³/mol. The molecule has 1 aromatic rings. The maximum Gasteiger partial charge on any atom is 0.292 e. The lowest BCUT2D eigenvalue weighted by molar-refractivity contribution is -0.384. The topological polar surface area (TPSA) is 67.2 Å². The zero-order chi connectivity index (χ0) is 12.5. The smallest absolute Gasteiger partial charge is 0.292 e. The van der Waals surface area contributed by atoms with E-state index in [0.717, 1.165) is 12.8 Å². The van der Waals surface area contributed by atoms with Crippen molar-refractivity contribution in [3.05, 3.63) is 34.4 Å². The number of piperidine rings is 1. The molecule has 2 aliphatic heterocycles. The fourth-order valence-electron chi connectivity index (χ4n) is 3.15. The van der Waals surface area contributed by atoms with Gasteiger partial charge < -0.3 is 10.6 Å². The zero-order valence-electron chi connectivity index (χ0n) is 10.1. The van der Waals surface area contributed by atoms with E-state index >= 15 is 0 Å². The average molecular weight is 247 g/mol. The molecule has 0 saturated carbocycles. The van der Waals surface area contributed by atoms with Crippen LogP contribution in [-0.2, 0) is 0 Å². The van der Waals surface area contributed by atoms with E-state index in [2.05, 4.69) is 10.6 Å². The van der Waals surface area contributed by atoms with Crippen LogP contribution in [0.1, 0.15) is 25.7 Å². The third kappa shape index (κ3) is 2.18. The number of rotatable bonds is 3. The Morgan fingerprint density at radius 1 is 1.22 bits per heavy atom. The molecule has 2 saturated heterocycles. The van der Waals surface area contributed by atoms with Crippen molar-refractivity contribution in [2.24, 2.45) is 0 Å². The first kappa shape index (κ1) is 11.5. The third-order valence-corrected chi connectivity index (χ3v) is 3.93. The molecule has 2 N–H and O–H groups in total. The lowest BCUT2D eigenvalue weighted by Gasteiger charge is -2.30. The Labute approximate surface area is 106 Å². The quantitative estimate of drug-likeness (QED) is 0.635. The number of hydrogen-bond acceptors (Lipinski definition) is 4. The summed E-state index contributed by atoms with van der Waals surface area (Å²) in [5.41, 5.74) is 0.817. The molecule has 96 valence electrons. The molecule has 18 heavy (non-hydrogen) atoms. The Balaban J connectivity index is 1.75. The summed E-state index contributed by atoms with van der Waals surface area (Å²) >= 11 is 0. The van der Waals surface area contributed by atoms with Crippen molar-refractivity contribution in [2.45, 2.75) is 43.8 Å². The Morgan fingerprint density at radius 2 is 1.89 bits per heavy atom. The number of nitrogens with one attached hydrogen (secondary N) is 2. The SMILES string of the molecule is O=[N+]([O-])c1ccccc1NC1C[C@H]2CC[C@@H](C1)N2. The molecule has 5 nitrogen and oxygen atoms in total. The van der Waals surface area contributed by atoms with Crippen molar-refractivity contribution in [1.82, 2.24) is 5.32 Å². The van der Waals surface area contributed by atoms with E-state index in [-0.39, 0.29) is 10.6 Å². The number of nitro groups is 1. The minimum Gasteiger partial charge on any atom is -0.377 e. The van der Waals surface area contributed by atoms with Crippen LogP contribution < -0.4 is 10.6 Å². The van der Waals surface area contributed by atoms with Crippen molar-refractivity contribution in [1.29, 1.82) is 0 Å². The lowest BCUT2D eigenvalue weighted by Crippen LogP contribution is -2.43. The van der Waals surface area contributed by atoms with Crippen molar-refractivity contribution in [2.75, 3.05) is 5.32 Å². The van der Waals surface area contributed by atoms with Gasteiger partial charge >= 0.3 is 0 Å². The summed E-state index contributed by atoms with van der Waals surface area (Å²) in [5, 5.41) is 17.9. The molecule has 1 unspecified atom stereocenters. The molecule has 0 aromatic heterocycles. The number of fused-ring (bicyclic) bond motifs is 2. The molecule has 0 spiro atoms. The highest BCUT2D eigenvalue weighted by Crippen LogP contribution is 2.31. The van der Waals surface area contributed by atoms with Crippen LogP contribution in [0.4, 0.5) is 11.4 Å². The first-order valence-corrected chi connectivity index (χ1v) is 6.48. The second-order valence-electron chi connectivity index (χ2n) is 5.22. The largest absolute Gasteiger partial charge is 0.377 e. The maximum absolute atomic E-state index is 11.0. The molecule has 0 amide bonds. The number of hydrogen-bond donors (Lipinski definition) is 2. The van der Waals surface area contributed by atoms with E-state index in [0.29, 0.717) is 23.8 Å². The van der Waals surface area contributed by atoms with E-state index in [1.54, 1.807) is 18.2 Å². The van der Waals surface area contributed by atoms with Gasteiger partial charge in [0.25, 0.3) is 5.69 Å². The molecule has 3 rings (SSSR count). The summed E-state index contributed by atoms with van der Waals surface area (Å²) in [5.74, 6) is 0. The monoisotopic (exact) mass is 247 g/mol. The first-order valence-electron chi connectivity index (χ1n) is 6.48. The molecule has 0 aliphatic carbocycles. The Kier molecular flexibility index (Phi) is 2.91. The van der Waals surface area contributed by atoms with Crippen molar-refractivity contribution >= 4 is 11.4 Å². The zero-order valence-corrected chi connectivity index (χ0v) is 10.1. The van der Waals surface area contributed by atoms with Gasteiger partial charge in [0.2, 0.25) is 0 Å². The lowest BCUT2D eigenvalue weighted by atomic mass is 9.99. The van der Waals surface area contributed by atoms with Gasteiger partial charge in [0.15, 0.2) is 0 Å². The molecule has 2 heterocycles. The number of nitrogens with zero attached hydrogens (tertiary/aromatic N) is 1. The first-order chi connectivity index (χ1) is 8.72. The molecule has 2 fully saturated rings. The van der Waals surface area contributed by atoms with Gasteiger partial charge in [-0.05, 0) is 31.7 Å². The molecule has 3 atom stereocenters. The number of benzene rings is 1. The molecular formula is C13H17N3O2. The molecule has 1 aromatic carbocycles. The van der Waals surface area contributed by atoms with Crippen molar-refractivity contribution in [3.8, 4) is 0 Å². The Hall–Kier alpha value is -1.62. The van der Waals surface area contributed by atoms with E-state index in [4.69, 9.17) is 0 Å². The number of nitro benzene ring substituents is 1. The second-order valence-corrected chi connectivity index (χ2v) is 5.22. The van der Waals surface area contributed by atoms with Gasteiger partial charge in [-0.25, -0.2) is 0 Å². The van der Waals surface area contributed by atoms with Crippen LogP contribution in [0, 0.1) is 10.1 Å². The van der Waals surface area contributed by atoms with Gasteiger partial charge in [-0.3, -0.25) is 10.1 Å². The summed E-state index contributed by atoms with van der Waals surface area (Å²) in [7, 11) is 0. The summed E-state index contributed by atoms with van der Waals surface area (Å²) in [6.07, 6.45) is 4.59. The summed E-state index contributed by atoms with van der Waals surface area (Å²) in [4.78, 5) is 10.6. The highest BCUT2D eigenvalue weighted by Gasteiger charge is 2.33. The molecule has 2 aliphatic rings. The van der Waals surface area contributed by atoms with E-state index in [1.165, 1.54) is 12.8 Å². The minimum atomic E-state index is -0.321. The number of anilines is 1. The summed E-state index contributed by atoms with van der Waals surface area (Å²) < 4.78 is 0. The van der Waals surface area contributed by atoms with Crippen LogP contribution in [0.15, 0.2) is 24.3 Å². The fraction of sp³-hybridized carbons (Fsp3) is 0.538. The van der Waals surface area contributed by atoms with Gasteiger partial charge in [-0.1, -0.05) is 12.1 Å². The average Bonchev–Trinajstić information content (AvgIpc) is 2.69. The maximum atomic E-state index is 11.0. The van der Waals surface area contributed by atoms with E-state index < -0.39 is 0 Å². The predicted octanol–water partition coefficient (Wildman–Crippen LogP) is 2.29. The fourth-order valence-corrected chi connectivity index (χ4v) is 3.15. The van der Waals surface area contributed by atoms with Crippen molar-refractivity contribution < 1.29 is 4.92 Å². The minimum absolute atomic E-state index is 0.170. The Morgan fingerprint density at radius 3 is 2.56 bits per heavy atom.